The van der Waals surface area contributed by atoms with Crippen LogP contribution < -0.4 is 16.0 Å². The number of nitrogens with zero attached hydrogens (tertiary/aromatic N) is 3. The molecule has 0 radical (unpaired) electrons. The van der Waals surface area contributed by atoms with E-state index >= 15 is 0 Å². The number of amides is 1. The van der Waals surface area contributed by atoms with Gasteiger partial charge in [0.2, 0.25) is 0 Å². The van der Waals surface area contributed by atoms with Gasteiger partial charge in [0.1, 0.15) is 10.4 Å². The van der Waals surface area contributed by atoms with Crippen molar-refractivity contribution < 1.29 is 9.53 Å². The molecule has 4 aromatic rings. The Morgan fingerprint density at radius 2 is 2.00 bits per heavy atom. The highest BCUT2D eigenvalue weighted by Crippen LogP contribution is 2.44. The predicted molar refractivity (Wildman–Crippen MR) is 146 cm³/mol. The van der Waals surface area contributed by atoms with Gasteiger partial charge in [-0.25, -0.2) is 4.79 Å². The van der Waals surface area contributed by atoms with Crippen LogP contribution in [-0.2, 0) is 13.0 Å². The molecule has 0 bridgehead atoms. The SMILES string of the molecule is COc1cccc2c1CC[C@H]1CN(CCn3c(=O)[nH]c4c(sc5ccc(C(=O)N(C)C)cc54)c3=O)C[C@@H]21. The Morgan fingerprint density at radius 3 is 2.78 bits per heavy atom. The van der Waals surface area contributed by atoms with E-state index in [4.69, 9.17) is 4.74 Å². The van der Waals surface area contributed by atoms with Gasteiger partial charge in [-0.2, -0.15) is 0 Å². The molecule has 8 nitrogen and oxygen atoms in total. The summed E-state index contributed by atoms with van der Waals surface area (Å²) < 4.78 is 8.30. The lowest BCUT2D eigenvalue weighted by atomic mass is 9.77. The number of hydrogen-bond donors (Lipinski definition) is 1. The van der Waals surface area contributed by atoms with Crippen LogP contribution in [0.4, 0.5) is 0 Å². The van der Waals surface area contributed by atoms with Crippen molar-refractivity contribution >= 4 is 37.5 Å². The summed E-state index contributed by atoms with van der Waals surface area (Å²) in [6, 6.07) is 11.7. The minimum Gasteiger partial charge on any atom is -0.496 e. The maximum absolute atomic E-state index is 13.4. The molecule has 0 unspecified atom stereocenters. The number of carbonyl (C=O) groups excluding carboxylic acids is 1. The largest absolute Gasteiger partial charge is 0.496 e. The number of thiophene rings is 1. The van der Waals surface area contributed by atoms with Gasteiger partial charge in [-0.3, -0.25) is 14.2 Å². The lowest BCUT2D eigenvalue weighted by molar-refractivity contribution is 0.0828. The van der Waals surface area contributed by atoms with Gasteiger partial charge in [0, 0.05) is 61.8 Å². The van der Waals surface area contributed by atoms with Crippen LogP contribution in [0.5, 0.6) is 5.75 Å². The van der Waals surface area contributed by atoms with Gasteiger partial charge in [-0.05, 0) is 54.2 Å². The van der Waals surface area contributed by atoms with Gasteiger partial charge in [-0.15, -0.1) is 11.3 Å². The van der Waals surface area contributed by atoms with Gasteiger partial charge < -0.3 is 19.5 Å². The molecule has 6 rings (SSSR count). The molecule has 2 atom stereocenters. The maximum Gasteiger partial charge on any atom is 0.328 e. The topological polar surface area (TPSA) is 87.6 Å². The van der Waals surface area contributed by atoms with Gasteiger partial charge in [-0.1, -0.05) is 12.1 Å². The monoisotopic (exact) mass is 518 g/mol. The molecule has 3 heterocycles. The van der Waals surface area contributed by atoms with Crippen molar-refractivity contribution in [2.75, 3.05) is 40.8 Å². The second-order valence-electron chi connectivity index (χ2n) is 10.3. The average Bonchev–Trinajstić information content (AvgIpc) is 3.48. The number of fused-ring (bicyclic) bond motifs is 6. The minimum atomic E-state index is -0.409. The van der Waals surface area contributed by atoms with Crippen LogP contribution in [0.25, 0.3) is 20.3 Å². The van der Waals surface area contributed by atoms with E-state index in [0.717, 1.165) is 41.8 Å². The summed E-state index contributed by atoms with van der Waals surface area (Å²) in [6.07, 6.45) is 2.15. The summed E-state index contributed by atoms with van der Waals surface area (Å²) in [5.74, 6) is 1.89. The number of methoxy groups -OCH3 is 1. The Morgan fingerprint density at radius 1 is 1.16 bits per heavy atom. The fourth-order valence-electron chi connectivity index (χ4n) is 6.10. The summed E-state index contributed by atoms with van der Waals surface area (Å²) in [5, 5.41) is 0.728. The first-order valence-electron chi connectivity index (χ1n) is 12.6. The molecule has 0 spiro atoms. The van der Waals surface area contributed by atoms with Gasteiger partial charge in [0.15, 0.2) is 0 Å². The van der Waals surface area contributed by atoms with Crippen LogP contribution in [-0.4, -0.2) is 66.1 Å². The van der Waals surface area contributed by atoms with Crippen LogP contribution in [0.15, 0.2) is 46.0 Å². The number of aromatic amines is 1. The normalized spacial score (nSPS) is 19.2. The molecule has 37 heavy (non-hydrogen) atoms. The van der Waals surface area contributed by atoms with Crippen molar-refractivity contribution in [3.05, 3.63) is 73.9 Å². The highest BCUT2D eigenvalue weighted by molar-refractivity contribution is 7.25. The van der Waals surface area contributed by atoms with Crippen molar-refractivity contribution in [1.29, 1.82) is 0 Å². The fraction of sp³-hybridized carbons (Fsp3) is 0.393. The smallest absolute Gasteiger partial charge is 0.328 e. The molecule has 1 saturated heterocycles. The molecule has 1 fully saturated rings. The van der Waals surface area contributed by atoms with E-state index < -0.39 is 5.69 Å². The third kappa shape index (κ3) is 3.97. The molecular weight excluding hydrogens is 488 g/mol. The number of carbonyl (C=O) groups is 1. The second kappa shape index (κ2) is 9.15. The van der Waals surface area contributed by atoms with Gasteiger partial charge >= 0.3 is 5.69 Å². The van der Waals surface area contributed by atoms with E-state index in [-0.39, 0.29) is 11.5 Å². The molecule has 1 aliphatic heterocycles. The van der Waals surface area contributed by atoms with E-state index in [0.29, 0.717) is 40.7 Å². The Balaban J connectivity index is 1.26. The van der Waals surface area contributed by atoms with E-state index in [1.807, 2.05) is 12.1 Å². The Bertz CT molecular complexity index is 1650. The summed E-state index contributed by atoms with van der Waals surface area (Å²) in [5.41, 5.74) is 3.06. The first-order chi connectivity index (χ1) is 17.9. The number of nitrogens with one attached hydrogen (secondary N) is 1. The fourth-order valence-corrected chi connectivity index (χ4v) is 7.19. The zero-order chi connectivity index (χ0) is 25.8. The third-order valence-corrected chi connectivity index (χ3v) is 9.13. The van der Waals surface area contributed by atoms with E-state index in [9.17, 15) is 14.4 Å². The first kappa shape index (κ1) is 23.9. The number of ether oxygens (including phenoxy) is 1. The summed E-state index contributed by atoms with van der Waals surface area (Å²) in [7, 11) is 5.13. The number of benzene rings is 2. The number of H-pyrrole nitrogens is 1. The maximum atomic E-state index is 13.4. The van der Waals surface area contributed by atoms with E-state index in [2.05, 4.69) is 22.0 Å². The molecule has 1 aliphatic carbocycles. The first-order valence-corrected chi connectivity index (χ1v) is 13.5. The molecule has 2 aliphatic rings. The standard InChI is InChI=1S/C28H30N4O4S/c1-30(2)26(33)16-8-10-23-20(13-16)24-25(37-23)27(34)32(28(35)29-24)12-11-31-14-17-7-9-19-18(21(17)15-31)5-4-6-22(19)36-3/h4-6,8,10,13,17,21H,7,9,11-12,14-15H2,1-3H3,(H,29,35)/t17-,21+/m0/s1. The van der Waals surface area contributed by atoms with Crippen molar-refractivity contribution in [3.8, 4) is 5.75 Å². The molecule has 192 valence electrons. The molecule has 9 heteroatoms. The van der Waals surface area contributed by atoms with Gasteiger partial charge in [0.25, 0.3) is 11.5 Å². The van der Waals surface area contributed by atoms with Crippen LogP contribution >= 0.6 is 11.3 Å². The molecule has 1 amide bonds. The van der Waals surface area contributed by atoms with Gasteiger partial charge in [0.05, 0.1) is 12.6 Å². The van der Waals surface area contributed by atoms with E-state index in [1.165, 1.54) is 31.9 Å². The minimum absolute atomic E-state index is 0.121. The van der Waals surface area contributed by atoms with Crippen molar-refractivity contribution in [2.45, 2.75) is 25.3 Å². The Labute approximate surface area is 218 Å². The quantitative estimate of drug-likeness (QED) is 0.438. The van der Waals surface area contributed by atoms with Crippen molar-refractivity contribution in [1.82, 2.24) is 19.4 Å². The number of likely N-dealkylation sites (tertiary alicyclic amines) is 1. The lowest BCUT2D eigenvalue weighted by Crippen LogP contribution is -2.38. The summed E-state index contributed by atoms with van der Waals surface area (Å²) in [6.45, 7) is 2.88. The van der Waals surface area contributed by atoms with Crippen LogP contribution in [0, 0.1) is 5.92 Å². The van der Waals surface area contributed by atoms with Crippen LogP contribution in [0.3, 0.4) is 0 Å². The highest BCUT2D eigenvalue weighted by atomic mass is 32.1. The highest BCUT2D eigenvalue weighted by Gasteiger charge is 2.38. The zero-order valence-corrected chi connectivity index (χ0v) is 22.1. The van der Waals surface area contributed by atoms with Crippen molar-refractivity contribution in [2.24, 2.45) is 5.92 Å². The number of aromatic nitrogens is 2. The molecule has 0 saturated carbocycles. The summed E-state index contributed by atoms with van der Waals surface area (Å²) in [4.78, 5) is 45.6. The third-order valence-electron chi connectivity index (χ3n) is 7.97. The number of hydrogen-bond acceptors (Lipinski definition) is 6. The second-order valence-corrected chi connectivity index (χ2v) is 11.3. The Hall–Kier alpha value is -3.43. The zero-order valence-electron chi connectivity index (χ0n) is 21.2. The predicted octanol–water partition coefficient (Wildman–Crippen LogP) is 3.28. The number of rotatable bonds is 5. The van der Waals surface area contributed by atoms with Crippen molar-refractivity contribution in [3.63, 3.8) is 0 Å². The van der Waals surface area contributed by atoms with E-state index in [1.54, 1.807) is 33.3 Å². The van der Waals surface area contributed by atoms with Crippen LogP contribution in [0.2, 0.25) is 0 Å². The molecular formula is C28H30N4O4S. The molecule has 2 aromatic carbocycles. The molecule has 2 aromatic heterocycles. The van der Waals surface area contributed by atoms with Crippen LogP contribution in [0.1, 0.15) is 33.8 Å². The summed E-state index contributed by atoms with van der Waals surface area (Å²) >= 11 is 1.36. The lowest BCUT2D eigenvalue weighted by Gasteiger charge is -2.28. The average molecular weight is 519 g/mol. The Kier molecular flexibility index (Phi) is 5.92. The molecule has 1 N–H and O–H groups in total.